The van der Waals surface area contributed by atoms with E-state index in [2.05, 4.69) is 4.74 Å². The largest absolute Gasteiger partial charge is 0.493 e. The van der Waals surface area contributed by atoms with Crippen molar-refractivity contribution in [2.45, 2.75) is 18.6 Å². The molecule has 0 aromatic heterocycles. The fraction of sp³-hybridized carbons (Fsp3) is 0.364. The third kappa shape index (κ3) is 4.65. The van der Waals surface area contributed by atoms with Crippen LogP contribution >= 0.6 is 0 Å². The van der Waals surface area contributed by atoms with E-state index in [9.17, 15) is 14.7 Å². The maximum atomic E-state index is 12.7. The number of methoxy groups -OCH3 is 3. The summed E-state index contributed by atoms with van der Waals surface area (Å²) < 4.78 is 21.1. The molecule has 1 fully saturated rings. The Kier molecular flexibility index (Phi) is 6.79. The molecule has 0 radical (unpaired) electrons. The summed E-state index contributed by atoms with van der Waals surface area (Å²) in [5.74, 6) is 0.999. The zero-order valence-corrected chi connectivity index (χ0v) is 17.2. The monoisotopic (exact) mass is 415 g/mol. The van der Waals surface area contributed by atoms with E-state index in [0.29, 0.717) is 41.3 Å². The Labute approximate surface area is 174 Å². The first-order chi connectivity index (χ1) is 14.5. The molecule has 2 aromatic rings. The average molecular weight is 415 g/mol. The number of hydrogen-bond donors (Lipinski definition) is 1. The van der Waals surface area contributed by atoms with Crippen molar-refractivity contribution in [2.24, 2.45) is 0 Å². The second kappa shape index (κ2) is 9.49. The Hall–Kier alpha value is -3.26. The highest BCUT2D eigenvalue weighted by Crippen LogP contribution is 2.32. The Bertz CT molecular complexity index is 897. The fourth-order valence-electron chi connectivity index (χ4n) is 3.35. The number of nitrogens with zero attached hydrogens (tertiary/aromatic N) is 1. The van der Waals surface area contributed by atoms with E-state index in [1.807, 2.05) is 0 Å². The van der Waals surface area contributed by atoms with Crippen LogP contribution in [0.3, 0.4) is 0 Å². The summed E-state index contributed by atoms with van der Waals surface area (Å²) in [4.78, 5) is 25.8. The van der Waals surface area contributed by atoms with Gasteiger partial charge in [0.15, 0.2) is 11.5 Å². The number of aliphatic hydroxyl groups is 1. The smallest absolute Gasteiger partial charge is 0.337 e. The number of benzene rings is 2. The second-order valence-electron chi connectivity index (χ2n) is 6.85. The van der Waals surface area contributed by atoms with Crippen LogP contribution < -0.4 is 14.2 Å². The van der Waals surface area contributed by atoms with Gasteiger partial charge in [0.1, 0.15) is 18.0 Å². The van der Waals surface area contributed by atoms with Crippen molar-refractivity contribution in [3.8, 4) is 17.2 Å². The van der Waals surface area contributed by atoms with Crippen LogP contribution in [0, 0.1) is 0 Å². The van der Waals surface area contributed by atoms with Gasteiger partial charge in [-0.1, -0.05) is 0 Å². The molecule has 1 aliphatic heterocycles. The van der Waals surface area contributed by atoms with Gasteiger partial charge in [0.25, 0.3) is 5.91 Å². The molecule has 1 heterocycles. The van der Waals surface area contributed by atoms with Gasteiger partial charge in [-0.3, -0.25) is 4.79 Å². The highest BCUT2D eigenvalue weighted by Gasteiger charge is 2.32. The normalized spacial score (nSPS) is 18.5. The predicted molar refractivity (Wildman–Crippen MR) is 108 cm³/mol. The van der Waals surface area contributed by atoms with Crippen LogP contribution in [0.1, 0.15) is 27.1 Å². The van der Waals surface area contributed by atoms with Crippen LogP contribution in [0.25, 0.3) is 0 Å². The lowest BCUT2D eigenvalue weighted by atomic mass is 10.0. The van der Waals surface area contributed by atoms with Gasteiger partial charge in [0.2, 0.25) is 0 Å². The molecule has 1 aliphatic rings. The summed E-state index contributed by atoms with van der Waals surface area (Å²) in [5, 5.41) is 10.5. The quantitative estimate of drug-likeness (QED) is 0.723. The van der Waals surface area contributed by atoms with Gasteiger partial charge in [-0.25, -0.2) is 4.79 Å². The number of carbonyl (C=O) groups is 2. The summed E-state index contributed by atoms with van der Waals surface area (Å²) in [6, 6.07) is 11.4. The molecule has 8 nitrogen and oxygen atoms in total. The van der Waals surface area contributed by atoms with Crippen LogP contribution in [0.2, 0.25) is 0 Å². The molecule has 0 bridgehead atoms. The van der Waals surface area contributed by atoms with E-state index in [1.165, 1.54) is 14.2 Å². The Morgan fingerprint density at radius 1 is 0.967 bits per heavy atom. The number of likely N-dealkylation sites (tertiary alicyclic amines) is 1. The van der Waals surface area contributed by atoms with Crippen molar-refractivity contribution in [3.05, 3.63) is 53.6 Å². The van der Waals surface area contributed by atoms with Crippen molar-refractivity contribution in [2.75, 3.05) is 34.4 Å². The molecule has 1 amide bonds. The van der Waals surface area contributed by atoms with Gasteiger partial charge in [0, 0.05) is 24.6 Å². The molecule has 1 N–H and O–H groups in total. The highest BCUT2D eigenvalue weighted by atomic mass is 16.5. The molecule has 0 saturated carbocycles. The van der Waals surface area contributed by atoms with Gasteiger partial charge >= 0.3 is 5.97 Å². The van der Waals surface area contributed by atoms with Crippen LogP contribution in [-0.2, 0) is 4.74 Å². The first-order valence-corrected chi connectivity index (χ1v) is 9.51. The van der Waals surface area contributed by atoms with Crippen LogP contribution in [0.15, 0.2) is 42.5 Å². The van der Waals surface area contributed by atoms with Crippen molar-refractivity contribution < 1.29 is 33.6 Å². The van der Waals surface area contributed by atoms with Crippen molar-refractivity contribution in [1.82, 2.24) is 4.90 Å². The van der Waals surface area contributed by atoms with Crippen molar-refractivity contribution >= 4 is 11.9 Å². The first-order valence-electron chi connectivity index (χ1n) is 9.51. The number of ether oxygens (including phenoxy) is 4. The summed E-state index contributed by atoms with van der Waals surface area (Å²) >= 11 is 0. The van der Waals surface area contributed by atoms with Crippen LogP contribution in [0.4, 0.5) is 0 Å². The molecule has 0 aliphatic carbocycles. The third-order valence-electron chi connectivity index (χ3n) is 5.00. The lowest BCUT2D eigenvalue weighted by molar-refractivity contribution is -0.0199. The predicted octanol–water partition coefficient (Wildman–Crippen LogP) is 2.14. The number of hydrogen-bond acceptors (Lipinski definition) is 7. The number of carbonyl (C=O) groups excluding carboxylic acids is 2. The fourth-order valence-corrected chi connectivity index (χ4v) is 3.35. The third-order valence-corrected chi connectivity index (χ3v) is 5.00. The zero-order chi connectivity index (χ0) is 21.7. The number of amides is 1. The molecule has 0 unspecified atom stereocenters. The summed E-state index contributed by atoms with van der Waals surface area (Å²) in [6.07, 6.45) is -0.819. The maximum Gasteiger partial charge on any atom is 0.337 e. The minimum absolute atomic E-state index is 0.148. The topological polar surface area (TPSA) is 94.5 Å². The number of rotatable bonds is 6. The molecule has 2 aromatic carbocycles. The van der Waals surface area contributed by atoms with Gasteiger partial charge < -0.3 is 29.0 Å². The lowest BCUT2D eigenvalue weighted by Crippen LogP contribution is -2.51. The Morgan fingerprint density at radius 2 is 1.63 bits per heavy atom. The highest BCUT2D eigenvalue weighted by molar-refractivity contribution is 5.96. The zero-order valence-electron chi connectivity index (χ0n) is 17.2. The molecule has 8 heteroatoms. The summed E-state index contributed by atoms with van der Waals surface area (Å²) in [7, 11) is 4.40. The number of piperidine rings is 1. The van der Waals surface area contributed by atoms with Crippen molar-refractivity contribution in [3.63, 3.8) is 0 Å². The summed E-state index contributed by atoms with van der Waals surface area (Å²) in [6.45, 7) is 0.585. The van der Waals surface area contributed by atoms with E-state index in [4.69, 9.17) is 14.2 Å². The van der Waals surface area contributed by atoms with E-state index in [-0.39, 0.29) is 12.5 Å². The molecule has 2 atom stereocenters. The average Bonchev–Trinajstić information content (AvgIpc) is 2.79. The van der Waals surface area contributed by atoms with Crippen LogP contribution in [-0.4, -0.2) is 68.5 Å². The van der Waals surface area contributed by atoms with Gasteiger partial charge in [-0.2, -0.15) is 0 Å². The molecular weight excluding hydrogens is 390 g/mol. The molecule has 160 valence electrons. The van der Waals surface area contributed by atoms with Gasteiger partial charge in [0.05, 0.1) is 33.4 Å². The molecule has 0 spiro atoms. The van der Waals surface area contributed by atoms with Gasteiger partial charge in [-0.15, -0.1) is 0 Å². The van der Waals surface area contributed by atoms with E-state index in [0.717, 1.165) is 0 Å². The summed E-state index contributed by atoms with van der Waals surface area (Å²) in [5.41, 5.74) is 0.810. The Balaban J connectivity index is 1.62. The van der Waals surface area contributed by atoms with E-state index in [1.54, 1.807) is 54.5 Å². The molecular formula is C22H25NO7. The second-order valence-corrected chi connectivity index (χ2v) is 6.85. The molecule has 3 rings (SSSR count). The van der Waals surface area contributed by atoms with Gasteiger partial charge in [-0.05, 0) is 36.4 Å². The SMILES string of the molecule is COC(=O)c1ccc(C(=O)N2CC[C@@H](Oc3ccc(OC)c(OC)c3)[C@H](O)C2)cc1. The van der Waals surface area contributed by atoms with Crippen LogP contribution in [0.5, 0.6) is 17.2 Å². The van der Waals surface area contributed by atoms with Crippen molar-refractivity contribution in [1.29, 1.82) is 0 Å². The number of aliphatic hydroxyl groups excluding tert-OH is 1. The number of β-amino-alcohol motifs (C(OH)–C–C–N with tert-alkyl or cyclic N) is 1. The van der Waals surface area contributed by atoms with E-state index >= 15 is 0 Å². The number of esters is 1. The molecule has 30 heavy (non-hydrogen) atoms. The minimum atomic E-state index is -0.842. The molecule has 1 saturated heterocycles. The van der Waals surface area contributed by atoms with E-state index < -0.39 is 18.2 Å². The Morgan fingerprint density at radius 3 is 2.23 bits per heavy atom. The first kappa shape index (κ1) is 21.4. The lowest BCUT2D eigenvalue weighted by Gasteiger charge is -2.36. The standard InChI is InChI=1S/C22H25NO7/c1-27-19-9-8-16(12-20(19)28-2)30-18-10-11-23(13-17(18)24)21(25)14-4-6-15(7-5-14)22(26)29-3/h4-9,12,17-18,24H,10-11,13H2,1-3H3/t17-,18-/m1/s1. The minimum Gasteiger partial charge on any atom is -0.493 e. The maximum absolute atomic E-state index is 12.7.